The molecule has 0 unspecified atom stereocenters. The average Bonchev–Trinajstić information content (AvgIpc) is 2.66. The highest BCUT2D eigenvalue weighted by molar-refractivity contribution is 14.1. The maximum Gasteiger partial charge on any atom is 0.143 e. The van der Waals surface area contributed by atoms with Crippen LogP contribution in [0.4, 0.5) is 0 Å². The van der Waals surface area contributed by atoms with Crippen LogP contribution in [0.5, 0.6) is 0 Å². The minimum Gasteiger partial charge on any atom is -0.374 e. The molecule has 0 spiro atoms. The quantitative estimate of drug-likeness (QED) is 0.612. The van der Waals surface area contributed by atoms with Crippen LogP contribution in [0, 0.1) is 3.57 Å². The van der Waals surface area contributed by atoms with Crippen LogP contribution in [0.15, 0.2) is 12.3 Å². The molecule has 16 heavy (non-hydrogen) atoms. The van der Waals surface area contributed by atoms with Crippen molar-refractivity contribution in [1.29, 1.82) is 0 Å². The number of nitrogens with zero attached hydrogens (tertiary/aromatic N) is 2. The second kappa shape index (κ2) is 5.88. The SMILES string of the molecule is CCCCOCc1nc2cc(I)cnc2s1. The van der Waals surface area contributed by atoms with Gasteiger partial charge in [-0.05, 0) is 35.1 Å². The van der Waals surface area contributed by atoms with E-state index in [2.05, 4.69) is 45.5 Å². The number of rotatable bonds is 5. The van der Waals surface area contributed by atoms with E-state index >= 15 is 0 Å². The molecule has 86 valence electrons. The first-order valence-corrected chi connectivity index (χ1v) is 7.18. The Bertz CT molecular complexity index is 472. The van der Waals surface area contributed by atoms with Crippen LogP contribution in [0.1, 0.15) is 24.8 Å². The molecule has 0 amide bonds. The zero-order chi connectivity index (χ0) is 11.4. The molecule has 3 nitrogen and oxygen atoms in total. The Kier molecular flexibility index (Phi) is 4.48. The number of aromatic nitrogens is 2. The number of thiazole rings is 1. The van der Waals surface area contributed by atoms with Crippen LogP contribution in [0.3, 0.4) is 0 Å². The minimum atomic E-state index is 0.609. The van der Waals surface area contributed by atoms with Gasteiger partial charge >= 0.3 is 0 Å². The first-order chi connectivity index (χ1) is 7.79. The van der Waals surface area contributed by atoms with Gasteiger partial charge in [0.05, 0.1) is 6.61 Å². The smallest absolute Gasteiger partial charge is 0.143 e. The van der Waals surface area contributed by atoms with E-state index in [0.29, 0.717) is 6.61 Å². The number of hydrogen-bond acceptors (Lipinski definition) is 4. The molecule has 5 heteroatoms. The van der Waals surface area contributed by atoms with E-state index < -0.39 is 0 Å². The van der Waals surface area contributed by atoms with E-state index in [1.807, 2.05) is 6.20 Å². The Morgan fingerprint density at radius 2 is 2.38 bits per heavy atom. The molecular weight excluding hydrogens is 335 g/mol. The van der Waals surface area contributed by atoms with Crippen molar-refractivity contribution in [1.82, 2.24) is 9.97 Å². The van der Waals surface area contributed by atoms with Crippen molar-refractivity contribution in [2.75, 3.05) is 6.61 Å². The van der Waals surface area contributed by atoms with E-state index in [1.165, 1.54) is 6.42 Å². The minimum absolute atomic E-state index is 0.609. The highest BCUT2D eigenvalue weighted by Gasteiger charge is 2.05. The lowest BCUT2D eigenvalue weighted by atomic mass is 10.4. The maximum absolute atomic E-state index is 5.54. The molecule has 0 aliphatic carbocycles. The number of fused-ring (bicyclic) bond motifs is 1. The van der Waals surface area contributed by atoms with Crippen LogP contribution in [-0.4, -0.2) is 16.6 Å². The van der Waals surface area contributed by atoms with Gasteiger partial charge < -0.3 is 4.74 Å². The van der Waals surface area contributed by atoms with Gasteiger partial charge in [-0.15, -0.1) is 0 Å². The molecule has 0 atom stereocenters. The van der Waals surface area contributed by atoms with Gasteiger partial charge in [0.25, 0.3) is 0 Å². The molecule has 0 N–H and O–H groups in total. The summed E-state index contributed by atoms with van der Waals surface area (Å²) in [6, 6.07) is 2.05. The van der Waals surface area contributed by atoms with E-state index in [0.717, 1.165) is 32.0 Å². The predicted octanol–water partition coefficient (Wildman–Crippen LogP) is 3.61. The summed E-state index contributed by atoms with van der Waals surface area (Å²) in [6.45, 7) is 3.59. The summed E-state index contributed by atoms with van der Waals surface area (Å²) in [5.41, 5.74) is 0.978. The zero-order valence-corrected chi connectivity index (χ0v) is 12.0. The van der Waals surface area contributed by atoms with Crippen molar-refractivity contribution >= 4 is 44.3 Å². The number of ether oxygens (including phenoxy) is 1. The Morgan fingerprint density at radius 3 is 3.19 bits per heavy atom. The number of halogens is 1. The Labute approximate surface area is 112 Å². The lowest BCUT2D eigenvalue weighted by Gasteiger charge is -1.98. The largest absolute Gasteiger partial charge is 0.374 e. The topological polar surface area (TPSA) is 35.0 Å². The second-order valence-electron chi connectivity index (χ2n) is 3.49. The third-order valence-electron chi connectivity index (χ3n) is 2.13. The first-order valence-electron chi connectivity index (χ1n) is 5.28. The summed E-state index contributed by atoms with van der Waals surface area (Å²) in [5, 5.41) is 1.01. The van der Waals surface area contributed by atoms with Gasteiger partial charge in [-0.2, -0.15) is 0 Å². The van der Waals surface area contributed by atoms with Gasteiger partial charge in [-0.3, -0.25) is 0 Å². The summed E-state index contributed by atoms with van der Waals surface area (Å²) in [5.74, 6) is 0. The number of pyridine rings is 1. The van der Waals surface area contributed by atoms with Crippen molar-refractivity contribution in [3.8, 4) is 0 Å². The molecule has 2 aromatic rings. The normalized spacial score (nSPS) is 11.1. The van der Waals surface area contributed by atoms with Gasteiger partial charge in [0, 0.05) is 16.4 Å². The molecule has 0 aliphatic rings. The van der Waals surface area contributed by atoms with Gasteiger partial charge in [0.2, 0.25) is 0 Å². The van der Waals surface area contributed by atoms with Gasteiger partial charge in [-0.25, -0.2) is 9.97 Å². The van der Waals surface area contributed by atoms with Gasteiger partial charge in [-0.1, -0.05) is 24.7 Å². The van der Waals surface area contributed by atoms with Crippen molar-refractivity contribution in [3.63, 3.8) is 0 Å². The molecule has 0 aromatic carbocycles. The van der Waals surface area contributed by atoms with Crippen molar-refractivity contribution in [3.05, 3.63) is 20.8 Å². The maximum atomic E-state index is 5.54. The van der Waals surface area contributed by atoms with Crippen LogP contribution in [-0.2, 0) is 11.3 Å². The van der Waals surface area contributed by atoms with E-state index in [1.54, 1.807) is 11.3 Å². The van der Waals surface area contributed by atoms with E-state index in [-0.39, 0.29) is 0 Å². The standard InChI is InChI=1S/C11H13IN2OS/c1-2-3-4-15-7-10-14-9-5-8(12)6-13-11(9)16-10/h5-6H,2-4,7H2,1H3. The molecule has 0 radical (unpaired) electrons. The number of hydrogen-bond donors (Lipinski definition) is 0. The molecule has 0 saturated carbocycles. The Hall–Kier alpha value is -0.270. The zero-order valence-electron chi connectivity index (χ0n) is 9.07. The third-order valence-corrected chi connectivity index (χ3v) is 3.67. The molecule has 0 aliphatic heterocycles. The highest BCUT2D eigenvalue weighted by Crippen LogP contribution is 2.21. The lowest BCUT2D eigenvalue weighted by Crippen LogP contribution is -1.93. The summed E-state index contributed by atoms with van der Waals surface area (Å²) >= 11 is 3.86. The van der Waals surface area contributed by atoms with Crippen molar-refractivity contribution < 1.29 is 4.74 Å². The second-order valence-corrected chi connectivity index (χ2v) is 5.80. The van der Waals surface area contributed by atoms with Crippen molar-refractivity contribution in [2.45, 2.75) is 26.4 Å². The Balaban J connectivity index is 2.02. The monoisotopic (exact) mass is 348 g/mol. The van der Waals surface area contributed by atoms with Gasteiger partial charge in [0.1, 0.15) is 15.4 Å². The third kappa shape index (κ3) is 3.11. The summed E-state index contributed by atoms with van der Waals surface area (Å²) in [4.78, 5) is 9.83. The molecule has 0 fully saturated rings. The fraction of sp³-hybridized carbons (Fsp3) is 0.455. The van der Waals surface area contributed by atoms with Crippen molar-refractivity contribution in [2.24, 2.45) is 0 Å². The molecule has 2 heterocycles. The average molecular weight is 348 g/mol. The molecule has 2 aromatic heterocycles. The fourth-order valence-corrected chi connectivity index (χ4v) is 2.57. The van der Waals surface area contributed by atoms with Gasteiger partial charge in [0.15, 0.2) is 0 Å². The van der Waals surface area contributed by atoms with Crippen LogP contribution in [0.2, 0.25) is 0 Å². The Morgan fingerprint density at radius 1 is 1.50 bits per heavy atom. The number of unbranched alkanes of at least 4 members (excludes halogenated alkanes) is 1. The summed E-state index contributed by atoms with van der Waals surface area (Å²) in [6.07, 6.45) is 4.14. The van der Waals surface area contributed by atoms with E-state index in [4.69, 9.17) is 4.74 Å². The summed E-state index contributed by atoms with van der Waals surface area (Å²) < 4.78 is 6.66. The fourth-order valence-electron chi connectivity index (χ4n) is 1.31. The predicted molar refractivity (Wildman–Crippen MR) is 74.7 cm³/mol. The molecular formula is C11H13IN2OS. The highest BCUT2D eigenvalue weighted by atomic mass is 127. The van der Waals surface area contributed by atoms with Crippen LogP contribution in [0.25, 0.3) is 10.3 Å². The first kappa shape index (κ1) is 12.2. The summed E-state index contributed by atoms with van der Waals surface area (Å²) in [7, 11) is 0. The van der Waals surface area contributed by atoms with Crippen LogP contribution < -0.4 is 0 Å². The molecule has 0 bridgehead atoms. The van der Waals surface area contributed by atoms with E-state index in [9.17, 15) is 0 Å². The molecule has 0 saturated heterocycles. The molecule has 2 rings (SSSR count). The lowest BCUT2D eigenvalue weighted by molar-refractivity contribution is 0.118. The van der Waals surface area contributed by atoms with Crippen LogP contribution >= 0.6 is 33.9 Å².